The summed E-state index contributed by atoms with van der Waals surface area (Å²) < 4.78 is 28.3. The molecule has 0 aliphatic rings. The standard InChI is InChI=1S/C12H21N3O5S/c1-9(8-16)5-4-6-13-21(19,20)10-7-14(2)12(18)15(3)11(10)17/h7,9,13,16H,4-6,8H2,1-3H3. The molecule has 120 valence electrons. The second-order valence-corrected chi connectivity index (χ2v) is 6.81. The van der Waals surface area contributed by atoms with Crippen LogP contribution in [0, 0.1) is 5.92 Å². The van der Waals surface area contributed by atoms with Gasteiger partial charge in [-0.15, -0.1) is 0 Å². The van der Waals surface area contributed by atoms with Gasteiger partial charge in [0.05, 0.1) is 0 Å². The van der Waals surface area contributed by atoms with Crippen molar-refractivity contribution in [3.05, 3.63) is 27.0 Å². The summed E-state index contributed by atoms with van der Waals surface area (Å²) >= 11 is 0. The van der Waals surface area contributed by atoms with Crippen LogP contribution in [-0.4, -0.2) is 35.8 Å². The molecule has 1 rings (SSSR count). The first-order valence-corrected chi connectivity index (χ1v) is 8.06. The molecule has 0 fully saturated rings. The fraction of sp³-hybridized carbons (Fsp3) is 0.667. The first-order valence-electron chi connectivity index (χ1n) is 6.58. The van der Waals surface area contributed by atoms with Crippen molar-refractivity contribution in [2.24, 2.45) is 20.0 Å². The van der Waals surface area contributed by atoms with Gasteiger partial charge in [-0.1, -0.05) is 6.92 Å². The topological polar surface area (TPSA) is 110 Å². The molecule has 1 aromatic rings. The van der Waals surface area contributed by atoms with Gasteiger partial charge in [0, 0.05) is 33.4 Å². The van der Waals surface area contributed by atoms with E-state index in [9.17, 15) is 18.0 Å². The first kappa shape index (κ1) is 17.6. The Morgan fingerprint density at radius 3 is 2.52 bits per heavy atom. The van der Waals surface area contributed by atoms with Gasteiger partial charge in [-0.2, -0.15) is 0 Å². The summed E-state index contributed by atoms with van der Waals surface area (Å²) in [5.74, 6) is 0.0971. The van der Waals surface area contributed by atoms with Crippen molar-refractivity contribution in [2.45, 2.75) is 24.7 Å². The molecule has 1 atom stereocenters. The average Bonchev–Trinajstić information content (AvgIpc) is 2.44. The Morgan fingerprint density at radius 1 is 1.33 bits per heavy atom. The van der Waals surface area contributed by atoms with Crippen LogP contribution >= 0.6 is 0 Å². The minimum atomic E-state index is -3.96. The van der Waals surface area contributed by atoms with Gasteiger partial charge >= 0.3 is 5.69 Å². The maximum atomic E-state index is 12.1. The third kappa shape index (κ3) is 4.26. The Kier molecular flexibility index (Phi) is 5.87. The van der Waals surface area contributed by atoms with Crippen LogP contribution in [0.2, 0.25) is 0 Å². The lowest BCUT2D eigenvalue weighted by molar-refractivity contribution is 0.228. The first-order chi connectivity index (χ1) is 9.70. The van der Waals surface area contributed by atoms with E-state index in [0.717, 1.165) is 15.3 Å². The number of aryl methyl sites for hydroxylation is 1. The van der Waals surface area contributed by atoms with Gasteiger partial charge in [0.15, 0.2) is 4.90 Å². The van der Waals surface area contributed by atoms with Gasteiger partial charge in [-0.3, -0.25) is 9.36 Å². The maximum absolute atomic E-state index is 12.1. The number of aliphatic hydroxyl groups is 1. The zero-order valence-corrected chi connectivity index (χ0v) is 13.2. The maximum Gasteiger partial charge on any atom is 0.330 e. The van der Waals surface area contributed by atoms with Crippen LogP contribution in [0.3, 0.4) is 0 Å². The lowest BCUT2D eigenvalue weighted by Gasteiger charge is -2.10. The SMILES string of the molecule is CC(CO)CCCNS(=O)(=O)c1cn(C)c(=O)n(C)c1=O. The van der Waals surface area contributed by atoms with E-state index in [1.54, 1.807) is 0 Å². The lowest BCUT2D eigenvalue weighted by Crippen LogP contribution is -2.41. The molecule has 0 spiro atoms. The van der Waals surface area contributed by atoms with Crippen molar-refractivity contribution >= 4 is 10.0 Å². The fourth-order valence-electron chi connectivity index (χ4n) is 1.79. The van der Waals surface area contributed by atoms with Gasteiger partial charge in [-0.25, -0.2) is 17.9 Å². The number of hydrogen-bond donors (Lipinski definition) is 2. The summed E-state index contributed by atoms with van der Waals surface area (Å²) in [5.41, 5.74) is -1.44. The smallest absolute Gasteiger partial charge is 0.330 e. The third-order valence-corrected chi connectivity index (χ3v) is 4.63. The van der Waals surface area contributed by atoms with Gasteiger partial charge in [-0.05, 0) is 18.8 Å². The van der Waals surface area contributed by atoms with Crippen LogP contribution < -0.4 is 16.0 Å². The molecule has 1 unspecified atom stereocenters. The van der Waals surface area contributed by atoms with E-state index in [4.69, 9.17) is 5.11 Å². The van der Waals surface area contributed by atoms with E-state index in [1.165, 1.54) is 14.1 Å². The second-order valence-electron chi connectivity index (χ2n) is 5.08. The van der Waals surface area contributed by atoms with Gasteiger partial charge in [0.1, 0.15) is 0 Å². The summed E-state index contributed by atoms with van der Waals surface area (Å²) in [6, 6.07) is 0. The zero-order chi connectivity index (χ0) is 16.2. The third-order valence-electron chi connectivity index (χ3n) is 3.18. The highest BCUT2D eigenvalue weighted by molar-refractivity contribution is 7.89. The Morgan fingerprint density at radius 2 is 1.95 bits per heavy atom. The fourth-order valence-corrected chi connectivity index (χ4v) is 3.02. The molecule has 8 nitrogen and oxygen atoms in total. The predicted molar refractivity (Wildman–Crippen MR) is 77.6 cm³/mol. The largest absolute Gasteiger partial charge is 0.396 e. The lowest BCUT2D eigenvalue weighted by atomic mass is 10.1. The van der Waals surface area contributed by atoms with Crippen LogP contribution in [0.4, 0.5) is 0 Å². The molecule has 1 heterocycles. The summed E-state index contributed by atoms with van der Waals surface area (Å²) in [6.45, 7) is 2.07. The molecule has 0 saturated heterocycles. The van der Waals surface area contributed by atoms with Crippen LogP contribution in [0.15, 0.2) is 20.7 Å². The summed E-state index contributed by atoms with van der Waals surface area (Å²) in [4.78, 5) is 22.9. The summed E-state index contributed by atoms with van der Waals surface area (Å²) in [6.07, 6.45) is 2.24. The Labute approximate surface area is 123 Å². The van der Waals surface area contributed by atoms with Crippen molar-refractivity contribution in [2.75, 3.05) is 13.2 Å². The van der Waals surface area contributed by atoms with Crippen LogP contribution in [0.1, 0.15) is 19.8 Å². The number of hydrogen-bond acceptors (Lipinski definition) is 5. The van der Waals surface area contributed by atoms with Gasteiger partial charge in [0.2, 0.25) is 10.0 Å². The normalized spacial score (nSPS) is 13.3. The molecule has 0 aromatic carbocycles. The molecule has 0 aliphatic carbocycles. The van der Waals surface area contributed by atoms with Crippen molar-refractivity contribution in [3.63, 3.8) is 0 Å². The molecular weight excluding hydrogens is 298 g/mol. The van der Waals surface area contributed by atoms with E-state index in [-0.39, 0.29) is 19.1 Å². The van der Waals surface area contributed by atoms with E-state index in [1.807, 2.05) is 6.92 Å². The van der Waals surface area contributed by atoms with Gasteiger partial charge in [0.25, 0.3) is 5.56 Å². The van der Waals surface area contributed by atoms with Crippen molar-refractivity contribution in [3.8, 4) is 0 Å². The molecule has 21 heavy (non-hydrogen) atoms. The number of aromatic nitrogens is 2. The highest BCUT2D eigenvalue weighted by atomic mass is 32.2. The summed E-state index contributed by atoms with van der Waals surface area (Å²) in [7, 11) is -1.36. The number of nitrogens with one attached hydrogen (secondary N) is 1. The molecule has 1 aromatic heterocycles. The number of rotatable bonds is 7. The van der Waals surface area contributed by atoms with Gasteiger partial charge < -0.3 is 9.67 Å². The van der Waals surface area contributed by atoms with Crippen LogP contribution in [0.25, 0.3) is 0 Å². The molecule has 9 heteroatoms. The van der Waals surface area contributed by atoms with Crippen LogP contribution in [0.5, 0.6) is 0 Å². The second kappa shape index (κ2) is 7.01. The molecule has 0 amide bonds. The van der Waals surface area contributed by atoms with Crippen molar-refractivity contribution in [1.29, 1.82) is 0 Å². The molecule has 2 N–H and O–H groups in total. The van der Waals surface area contributed by atoms with Crippen molar-refractivity contribution in [1.82, 2.24) is 13.9 Å². The molecular formula is C12H21N3O5S. The number of nitrogens with zero attached hydrogens (tertiary/aromatic N) is 2. The summed E-state index contributed by atoms with van der Waals surface area (Å²) in [5, 5.41) is 8.88. The highest BCUT2D eigenvalue weighted by Gasteiger charge is 2.20. The Hall–Kier alpha value is -1.45. The molecule has 0 bridgehead atoms. The average molecular weight is 319 g/mol. The quantitative estimate of drug-likeness (QED) is 0.612. The Bertz CT molecular complexity index is 705. The molecule has 0 radical (unpaired) electrons. The van der Waals surface area contributed by atoms with E-state index >= 15 is 0 Å². The monoisotopic (exact) mass is 319 g/mol. The van der Waals surface area contributed by atoms with Crippen molar-refractivity contribution < 1.29 is 13.5 Å². The Balaban J connectivity index is 2.90. The highest BCUT2D eigenvalue weighted by Crippen LogP contribution is 2.05. The van der Waals surface area contributed by atoms with Crippen LogP contribution in [-0.2, 0) is 24.1 Å². The number of sulfonamides is 1. The van der Waals surface area contributed by atoms with E-state index in [2.05, 4.69) is 4.72 Å². The van der Waals surface area contributed by atoms with E-state index < -0.39 is 26.2 Å². The number of aliphatic hydroxyl groups excluding tert-OH is 1. The predicted octanol–water partition coefficient (Wildman–Crippen LogP) is -1.23. The minimum absolute atomic E-state index is 0.0497. The minimum Gasteiger partial charge on any atom is -0.396 e. The molecule has 0 saturated carbocycles. The zero-order valence-electron chi connectivity index (χ0n) is 12.4. The van der Waals surface area contributed by atoms with E-state index in [0.29, 0.717) is 12.8 Å². The molecule has 0 aliphatic heterocycles.